The largest absolute Gasteiger partial charge is 0.458 e. The normalized spacial score (nSPS) is 21.9. The van der Waals surface area contributed by atoms with Crippen LogP contribution in [0.2, 0.25) is 19.4 Å². The molecule has 0 unspecified atom stereocenters. The zero-order chi connectivity index (χ0) is 17.6. The summed E-state index contributed by atoms with van der Waals surface area (Å²) in [6.07, 6.45) is 4.67. The maximum Gasteiger partial charge on any atom is 0.458 e. The fourth-order valence-electron chi connectivity index (χ4n) is 3.67. The second-order valence-electron chi connectivity index (χ2n) is 8.80. The van der Waals surface area contributed by atoms with Crippen LogP contribution in [0, 0.1) is 0 Å². The molecule has 1 aliphatic carbocycles. The van der Waals surface area contributed by atoms with Gasteiger partial charge in [-0.3, -0.25) is 0 Å². The molecule has 1 aromatic rings. The van der Waals surface area contributed by atoms with Gasteiger partial charge in [0.1, 0.15) is 8.07 Å². The van der Waals surface area contributed by atoms with Gasteiger partial charge in [-0.05, 0) is 53.3 Å². The van der Waals surface area contributed by atoms with Crippen LogP contribution < -0.4 is 5.19 Å². The summed E-state index contributed by atoms with van der Waals surface area (Å²) < 4.78 is 12.4. The lowest BCUT2D eigenvalue weighted by Gasteiger charge is -2.32. The molecule has 2 nitrogen and oxygen atoms in total. The summed E-state index contributed by atoms with van der Waals surface area (Å²) in [4.78, 5) is 0. The number of rotatable bonds is 5. The van der Waals surface area contributed by atoms with Crippen LogP contribution in [0.25, 0.3) is 0 Å². The number of benzene rings is 1. The van der Waals surface area contributed by atoms with E-state index in [-0.39, 0.29) is 18.3 Å². The van der Waals surface area contributed by atoms with Crippen molar-refractivity contribution in [1.82, 2.24) is 0 Å². The summed E-state index contributed by atoms with van der Waals surface area (Å²) in [5, 5.41) is 3.26. The first-order chi connectivity index (χ1) is 11.1. The Bertz CT molecular complexity index is 612. The minimum Gasteiger partial charge on any atom is -0.403 e. The Balaban J connectivity index is 1.73. The van der Waals surface area contributed by atoms with Crippen molar-refractivity contribution in [2.45, 2.75) is 77.6 Å². The molecular weight excluding hydrogens is 311 g/mol. The van der Waals surface area contributed by atoms with E-state index in [2.05, 4.69) is 71.1 Å². The van der Waals surface area contributed by atoms with Crippen molar-refractivity contribution in [3.63, 3.8) is 0 Å². The molecule has 4 heteroatoms. The average molecular weight is 342 g/mol. The SMILES string of the molecule is CC1(C)OB(CCC(=C2CC2)[Si](C)(C)c2ccccc2)OC1(C)C. The van der Waals surface area contributed by atoms with E-state index < -0.39 is 8.07 Å². The molecule has 1 heterocycles. The molecule has 2 aliphatic rings. The standard InChI is InChI=1S/C20H31BO2Si/c1-19(2)20(3,4)23-21(22-19)15-14-18(16-12-13-16)24(5,6)17-10-8-7-9-11-17/h7-11H,12-15H2,1-6H3. The molecule has 3 rings (SSSR count). The monoisotopic (exact) mass is 342 g/mol. The highest BCUT2D eigenvalue weighted by Crippen LogP contribution is 2.41. The van der Waals surface area contributed by atoms with Gasteiger partial charge in [0.15, 0.2) is 0 Å². The first-order valence-electron chi connectivity index (χ1n) is 9.26. The van der Waals surface area contributed by atoms with Gasteiger partial charge in [-0.1, -0.05) is 59.4 Å². The van der Waals surface area contributed by atoms with E-state index in [0.29, 0.717) is 0 Å². The summed E-state index contributed by atoms with van der Waals surface area (Å²) in [7, 11) is -1.66. The maximum absolute atomic E-state index is 6.20. The van der Waals surface area contributed by atoms with Gasteiger partial charge in [0.05, 0.1) is 11.2 Å². The van der Waals surface area contributed by atoms with Gasteiger partial charge in [-0.25, -0.2) is 0 Å². The van der Waals surface area contributed by atoms with Gasteiger partial charge in [0, 0.05) is 0 Å². The van der Waals surface area contributed by atoms with Gasteiger partial charge in [-0.15, -0.1) is 0 Å². The van der Waals surface area contributed by atoms with E-state index >= 15 is 0 Å². The topological polar surface area (TPSA) is 18.5 Å². The van der Waals surface area contributed by atoms with Crippen LogP contribution in [0.1, 0.15) is 47.0 Å². The van der Waals surface area contributed by atoms with E-state index in [1.165, 1.54) is 18.0 Å². The van der Waals surface area contributed by atoms with Crippen molar-refractivity contribution in [1.29, 1.82) is 0 Å². The van der Waals surface area contributed by atoms with Crippen LogP contribution in [0.5, 0.6) is 0 Å². The Morgan fingerprint density at radius 1 is 1.00 bits per heavy atom. The summed E-state index contributed by atoms with van der Waals surface area (Å²) in [6.45, 7) is 13.5. The fraction of sp³-hybridized carbons (Fsp3) is 0.600. The molecule has 24 heavy (non-hydrogen) atoms. The lowest BCUT2D eigenvalue weighted by molar-refractivity contribution is 0.00578. The highest BCUT2D eigenvalue weighted by atomic mass is 28.3. The predicted octanol–water partition coefficient (Wildman–Crippen LogP) is 4.71. The third-order valence-electron chi connectivity index (χ3n) is 6.11. The first kappa shape index (κ1) is 18.0. The number of hydrogen-bond donors (Lipinski definition) is 0. The Morgan fingerprint density at radius 3 is 2.04 bits per heavy atom. The molecule has 0 atom stereocenters. The molecule has 1 saturated carbocycles. The van der Waals surface area contributed by atoms with Crippen molar-refractivity contribution in [3.8, 4) is 0 Å². The van der Waals surface area contributed by atoms with Crippen LogP contribution >= 0.6 is 0 Å². The lowest BCUT2D eigenvalue weighted by Crippen LogP contribution is -2.44. The summed E-state index contributed by atoms with van der Waals surface area (Å²) >= 11 is 0. The summed E-state index contributed by atoms with van der Waals surface area (Å²) in [5.41, 5.74) is 1.25. The van der Waals surface area contributed by atoms with Crippen molar-refractivity contribution >= 4 is 20.4 Å². The Hall–Kier alpha value is -0.838. The lowest BCUT2D eigenvalue weighted by atomic mass is 9.83. The van der Waals surface area contributed by atoms with Crippen LogP contribution in [0.3, 0.4) is 0 Å². The molecule has 0 spiro atoms. The van der Waals surface area contributed by atoms with Gasteiger partial charge in [0.25, 0.3) is 0 Å². The smallest absolute Gasteiger partial charge is 0.403 e. The third-order valence-corrected chi connectivity index (χ3v) is 10.00. The Morgan fingerprint density at radius 2 is 1.54 bits per heavy atom. The second kappa shape index (κ2) is 6.15. The molecule has 1 aliphatic heterocycles. The third kappa shape index (κ3) is 3.42. The molecule has 0 amide bonds. The molecule has 0 radical (unpaired) electrons. The van der Waals surface area contributed by atoms with Crippen LogP contribution in [0.15, 0.2) is 41.1 Å². The first-order valence-corrected chi connectivity index (χ1v) is 12.3. The zero-order valence-corrected chi connectivity index (χ0v) is 17.1. The van der Waals surface area contributed by atoms with E-state index in [9.17, 15) is 0 Å². The molecule has 1 aromatic carbocycles. The minimum absolute atomic E-state index is 0.0788. The fourth-order valence-corrected chi connectivity index (χ4v) is 6.95. The summed E-state index contributed by atoms with van der Waals surface area (Å²) in [6, 6.07) is 11.1. The number of hydrogen-bond acceptors (Lipinski definition) is 2. The van der Waals surface area contributed by atoms with Crippen LogP contribution in [0.4, 0.5) is 0 Å². The van der Waals surface area contributed by atoms with Crippen molar-refractivity contribution < 1.29 is 9.31 Å². The van der Waals surface area contributed by atoms with Crippen LogP contribution in [-0.4, -0.2) is 26.4 Å². The van der Waals surface area contributed by atoms with Crippen molar-refractivity contribution in [3.05, 3.63) is 41.1 Å². The highest BCUT2D eigenvalue weighted by Gasteiger charge is 2.51. The highest BCUT2D eigenvalue weighted by molar-refractivity contribution is 6.95. The average Bonchev–Trinajstić information content (AvgIpc) is 3.28. The molecule has 2 fully saturated rings. The number of allylic oxidation sites excluding steroid dienone is 2. The Labute approximate surface area is 148 Å². The predicted molar refractivity (Wildman–Crippen MR) is 105 cm³/mol. The van der Waals surface area contributed by atoms with Gasteiger partial charge in [-0.2, -0.15) is 0 Å². The second-order valence-corrected chi connectivity index (χ2v) is 13.2. The van der Waals surface area contributed by atoms with Gasteiger partial charge in [0.2, 0.25) is 0 Å². The molecule has 0 aromatic heterocycles. The van der Waals surface area contributed by atoms with Gasteiger partial charge < -0.3 is 9.31 Å². The minimum atomic E-state index is -1.58. The molecule has 1 saturated heterocycles. The van der Waals surface area contributed by atoms with E-state index in [1.807, 2.05) is 0 Å². The molecule has 0 bridgehead atoms. The van der Waals surface area contributed by atoms with Crippen molar-refractivity contribution in [2.24, 2.45) is 0 Å². The molecular formula is C20H31BO2Si. The summed E-state index contributed by atoms with van der Waals surface area (Å²) in [5.74, 6) is 0. The quantitative estimate of drug-likeness (QED) is 0.721. The molecule has 130 valence electrons. The molecule has 0 N–H and O–H groups in total. The maximum atomic E-state index is 6.20. The van der Waals surface area contributed by atoms with Crippen molar-refractivity contribution in [2.75, 3.05) is 0 Å². The van der Waals surface area contributed by atoms with Crippen LogP contribution in [-0.2, 0) is 9.31 Å². The van der Waals surface area contributed by atoms with E-state index in [0.717, 1.165) is 12.7 Å². The Kier molecular flexibility index (Phi) is 4.61. The van der Waals surface area contributed by atoms with Gasteiger partial charge >= 0.3 is 7.12 Å². The van der Waals surface area contributed by atoms with E-state index in [4.69, 9.17) is 9.31 Å². The van der Waals surface area contributed by atoms with E-state index in [1.54, 1.807) is 10.8 Å². The zero-order valence-electron chi connectivity index (χ0n) is 16.1.